The summed E-state index contributed by atoms with van der Waals surface area (Å²) in [5.74, 6) is -1.12. The van der Waals surface area contributed by atoms with Crippen LogP contribution >= 0.6 is 0 Å². The van der Waals surface area contributed by atoms with Gasteiger partial charge in [0.1, 0.15) is 17.6 Å². The number of carbonyl (C=O) groups excluding carboxylic acids is 2. The highest BCUT2D eigenvalue weighted by Gasteiger charge is 2.32. The van der Waals surface area contributed by atoms with Gasteiger partial charge in [-0.3, -0.25) is 9.59 Å². The molecule has 8 nitrogen and oxygen atoms in total. The molecule has 3 aromatic rings. The quantitative estimate of drug-likeness (QED) is 0.264. The number of ether oxygens (including phenoxy) is 4. The molecule has 2 aromatic carbocycles. The second-order valence-corrected chi connectivity index (χ2v) is 9.35. The number of hydrogen-bond donors (Lipinski definition) is 1. The fraction of sp³-hybridized carbons (Fsp3) is 0.367. The average Bonchev–Trinajstić information content (AvgIpc) is 2.89. The fourth-order valence-corrected chi connectivity index (χ4v) is 4.50. The monoisotopic (exact) mass is 521 g/mol. The van der Waals surface area contributed by atoms with Crippen molar-refractivity contribution in [2.24, 2.45) is 5.92 Å². The molecule has 0 amide bonds. The van der Waals surface area contributed by atoms with Crippen LogP contribution in [-0.2, 0) is 9.53 Å². The van der Waals surface area contributed by atoms with E-state index >= 15 is 0 Å². The van der Waals surface area contributed by atoms with Gasteiger partial charge in [-0.05, 0) is 32.9 Å². The first-order chi connectivity index (χ1) is 18.1. The summed E-state index contributed by atoms with van der Waals surface area (Å²) in [6.07, 6.45) is 0.548. The van der Waals surface area contributed by atoms with Gasteiger partial charge < -0.3 is 24.1 Å². The summed E-state index contributed by atoms with van der Waals surface area (Å²) < 4.78 is 22.4. The van der Waals surface area contributed by atoms with Gasteiger partial charge in [0.25, 0.3) is 0 Å². The second-order valence-electron chi connectivity index (χ2n) is 9.35. The first-order valence-corrected chi connectivity index (χ1v) is 12.4. The van der Waals surface area contributed by atoms with Gasteiger partial charge in [0.2, 0.25) is 0 Å². The maximum atomic E-state index is 13.2. The third-order valence-corrected chi connectivity index (χ3v) is 6.48. The smallest absolute Gasteiger partial charge is 0.309 e. The van der Waals surface area contributed by atoms with Crippen molar-refractivity contribution < 1.29 is 33.6 Å². The molecule has 202 valence electrons. The molecule has 38 heavy (non-hydrogen) atoms. The highest BCUT2D eigenvalue weighted by Crippen LogP contribution is 2.41. The summed E-state index contributed by atoms with van der Waals surface area (Å²) in [6.45, 7) is 7.40. The predicted molar refractivity (Wildman–Crippen MR) is 143 cm³/mol. The molecule has 0 radical (unpaired) electrons. The number of benzene rings is 2. The van der Waals surface area contributed by atoms with E-state index in [0.29, 0.717) is 11.5 Å². The largest absolute Gasteiger partial charge is 0.503 e. The van der Waals surface area contributed by atoms with Gasteiger partial charge in [-0.25, -0.2) is 4.98 Å². The number of methoxy groups -OCH3 is 3. The van der Waals surface area contributed by atoms with Gasteiger partial charge in [0, 0.05) is 29.8 Å². The van der Waals surface area contributed by atoms with Gasteiger partial charge >= 0.3 is 5.97 Å². The number of ketones is 1. The SMILES string of the molecule is COc1ccc(C)cc1C(c1cc(C)ccc1OC)[C@H](C)OC(=O)[C@H](C)CC(=O)c1nccc(OC)c1O. The minimum absolute atomic E-state index is 0.134. The van der Waals surface area contributed by atoms with E-state index in [-0.39, 0.29) is 23.6 Å². The van der Waals surface area contributed by atoms with E-state index in [4.69, 9.17) is 18.9 Å². The average molecular weight is 522 g/mol. The van der Waals surface area contributed by atoms with Crippen LogP contribution in [0, 0.1) is 19.8 Å². The Balaban J connectivity index is 1.91. The molecule has 0 aliphatic heterocycles. The normalized spacial score (nSPS) is 12.5. The second kappa shape index (κ2) is 12.4. The number of aromatic hydroxyl groups is 1. The minimum atomic E-state index is -0.781. The van der Waals surface area contributed by atoms with Crippen molar-refractivity contribution in [3.63, 3.8) is 0 Å². The highest BCUT2D eigenvalue weighted by atomic mass is 16.5. The summed E-state index contributed by atoms with van der Waals surface area (Å²) in [5.41, 5.74) is 3.61. The third-order valence-electron chi connectivity index (χ3n) is 6.48. The van der Waals surface area contributed by atoms with Crippen LogP contribution in [0.5, 0.6) is 23.0 Å². The minimum Gasteiger partial charge on any atom is -0.503 e. The molecule has 0 bridgehead atoms. The molecule has 2 atom stereocenters. The zero-order valence-corrected chi connectivity index (χ0v) is 22.9. The van der Waals surface area contributed by atoms with Crippen molar-refractivity contribution >= 4 is 11.8 Å². The molecular weight excluding hydrogens is 486 g/mol. The first kappa shape index (κ1) is 28.5. The van der Waals surface area contributed by atoms with E-state index in [1.807, 2.05) is 57.2 Å². The Morgan fingerprint density at radius 1 is 0.842 bits per heavy atom. The summed E-state index contributed by atoms with van der Waals surface area (Å²) in [4.78, 5) is 30.0. The number of aromatic nitrogens is 1. The van der Waals surface area contributed by atoms with Crippen LogP contribution in [-0.4, -0.2) is 49.3 Å². The number of nitrogens with zero attached hydrogens (tertiary/aromatic N) is 1. The molecule has 8 heteroatoms. The van der Waals surface area contributed by atoms with E-state index < -0.39 is 29.7 Å². The molecule has 0 fully saturated rings. The molecule has 1 N–H and O–H groups in total. The van der Waals surface area contributed by atoms with Crippen molar-refractivity contribution in [3.8, 4) is 23.0 Å². The fourth-order valence-electron chi connectivity index (χ4n) is 4.50. The number of esters is 1. The van der Waals surface area contributed by atoms with Crippen molar-refractivity contribution in [2.75, 3.05) is 21.3 Å². The number of carbonyl (C=O) groups is 2. The lowest BCUT2D eigenvalue weighted by atomic mass is 9.84. The predicted octanol–water partition coefficient (Wildman–Crippen LogP) is 5.40. The van der Waals surface area contributed by atoms with E-state index in [0.717, 1.165) is 22.3 Å². The van der Waals surface area contributed by atoms with Crippen LogP contribution in [0.1, 0.15) is 58.9 Å². The summed E-state index contributed by atoms with van der Waals surface area (Å²) in [5, 5.41) is 10.3. The lowest BCUT2D eigenvalue weighted by Crippen LogP contribution is -2.28. The van der Waals surface area contributed by atoms with Crippen molar-refractivity contribution in [1.29, 1.82) is 0 Å². The molecule has 0 unspecified atom stereocenters. The Bertz CT molecular complexity index is 1250. The van der Waals surface area contributed by atoms with E-state index in [1.165, 1.54) is 19.4 Å². The Kier molecular flexibility index (Phi) is 9.34. The van der Waals surface area contributed by atoms with Crippen molar-refractivity contribution in [3.05, 3.63) is 76.6 Å². The summed E-state index contributed by atoms with van der Waals surface area (Å²) >= 11 is 0. The summed E-state index contributed by atoms with van der Waals surface area (Å²) in [6, 6.07) is 13.2. The van der Waals surface area contributed by atoms with Gasteiger partial charge in [-0.1, -0.05) is 42.3 Å². The lowest BCUT2D eigenvalue weighted by molar-refractivity contribution is -0.153. The maximum absolute atomic E-state index is 13.2. The van der Waals surface area contributed by atoms with Crippen LogP contribution in [0.2, 0.25) is 0 Å². The van der Waals surface area contributed by atoms with E-state index in [9.17, 15) is 14.7 Å². The van der Waals surface area contributed by atoms with Crippen LogP contribution in [0.3, 0.4) is 0 Å². The summed E-state index contributed by atoms with van der Waals surface area (Å²) in [7, 11) is 4.59. The molecule has 0 aliphatic carbocycles. The Hall–Kier alpha value is -4.07. The molecule has 0 spiro atoms. The molecular formula is C30H35NO7. The Morgan fingerprint density at radius 3 is 1.87 bits per heavy atom. The number of aryl methyl sites for hydroxylation is 2. The van der Waals surface area contributed by atoms with E-state index in [2.05, 4.69) is 4.98 Å². The number of hydrogen-bond acceptors (Lipinski definition) is 8. The zero-order chi connectivity index (χ0) is 28.0. The Labute approximate surface area is 223 Å². The van der Waals surface area contributed by atoms with Crippen LogP contribution in [0.25, 0.3) is 0 Å². The molecule has 0 saturated carbocycles. The van der Waals surface area contributed by atoms with Crippen molar-refractivity contribution in [2.45, 2.75) is 46.1 Å². The van der Waals surface area contributed by atoms with Crippen LogP contribution in [0.15, 0.2) is 48.7 Å². The zero-order valence-electron chi connectivity index (χ0n) is 22.9. The van der Waals surface area contributed by atoms with Gasteiger partial charge in [0.15, 0.2) is 23.0 Å². The molecule has 1 heterocycles. The van der Waals surface area contributed by atoms with Crippen LogP contribution in [0.4, 0.5) is 0 Å². The number of pyridine rings is 1. The standard InChI is InChI=1S/C30H35NO7/c1-17-8-10-24(35-5)21(14-17)27(22-15-18(2)9-11-25(22)36-6)20(4)38-30(34)19(3)16-23(32)28-29(33)26(37-7)12-13-31-28/h8-15,19-20,27,33H,16H2,1-7H3/t19-,20+/m1/s1. The molecule has 3 rings (SSSR count). The lowest BCUT2D eigenvalue weighted by Gasteiger charge is -2.29. The van der Waals surface area contributed by atoms with Gasteiger partial charge in [0.05, 0.1) is 33.2 Å². The van der Waals surface area contributed by atoms with Gasteiger partial charge in [-0.2, -0.15) is 0 Å². The first-order valence-electron chi connectivity index (χ1n) is 12.4. The van der Waals surface area contributed by atoms with Gasteiger partial charge in [-0.15, -0.1) is 0 Å². The topological polar surface area (TPSA) is 104 Å². The van der Waals surface area contributed by atoms with Crippen LogP contribution < -0.4 is 14.2 Å². The molecule has 0 aliphatic rings. The van der Waals surface area contributed by atoms with E-state index in [1.54, 1.807) is 21.1 Å². The number of rotatable bonds is 11. The highest BCUT2D eigenvalue weighted by molar-refractivity contribution is 5.99. The number of Topliss-reactive ketones (excluding diaryl/α,β-unsaturated/α-hetero) is 1. The Morgan fingerprint density at radius 2 is 1.37 bits per heavy atom. The van der Waals surface area contributed by atoms with Crippen molar-refractivity contribution in [1.82, 2.24) is 4.98 Å². The maximum Gasteiger partial charge on any atom is 0.309 e. The third kappa shape index (κ3) is 6.25. The molecule has 0 saturated heterocycles. The molecule has 1 aromatic heterocycles.